The number of nitrogens with one attached hydrogen (secondary N) is 1. The SMILES string of the molecule is COc1ccc(C2(C)NC(=O)N(CC(=O)c3ccccc3)C2=O)c(OC)c1. The lowest BCUT2D eigenvalue weighted by Crippen LogP contribution is -2.41. The summed E-state index contributed by atoms with van der Waals surface area (Å²) in [4.78, 5) is 38.8. The minimum atomic E-state index is -1.34. The Balaban J connectivity index is 1.90. The molecule has 0 saturated carbocycles. The van der Waals surface area contributed by atoms with E-state index in [0.717, 1.165) is 4.90 Å². The van der Waals surface area contributed by atoms with Crippen molar-refractivity contribution >= 4 is 17.7 Å². The number of hydrogen-bond donors (Lipinski definition) is 1. The lowest BCUT2D eigenvalue weighted by molar-refractivity contribution is -0.130. The minimum Gasteiger partial charge on any atom is -0.497 e. The minimum absolute atomic E-state index is 0.315. The molecule has 7 nitrogen and oxygen atoms in total. The highest BCUT2D eigenvalue weighted by Gasteiger charge is 2.50. The summed E-state index contributed by atoms with van der Waals surface area (Å²) in [5, 5.41) is 2.68. The Kier molecular flexibility index (Phi) is 4.85. The van der Waals surface area contributed by atoms with E-state index < -0.39 is 17.5 Å². The molecule has 0 radical (unpaired) electrons. The summed E-state index contributed by atoms with van der Waals surface area (Å²) < 4.78 is 10.5. The second-order valence-electron chi connectivity index (χ2n) is 6.30. The Morgan fingerprint density at radius 3 is 2.41 bits per heavy atom. The average Bonchev–Trinajstić information content (AvgIpc) is 2.91. The highest BCUT2D eigenvalue weighted by molar-refractivity contribution is 6.11. The standard InChI is InChI=1S/C20H20N2O5/c1-20(15-10-9-14(26-2)11-17(15)27-3)18(24)22(19(25)21-20)12-16(23)13-7-5-4-6-8-13/h4-11H,12H2,1-3H3,(H,21,25). The van der Waals surface area contributed by atoms with Gasteiger partial charge in [0.2, 0.25) is 0 Å². The Morgan fingerprint density at radius 1 is 1.07 bits per heavy atom. The second-order valence-corrected chi connectivity index (χ2v) is 6.30. The molecule has 140 valence electrons. The average molecular weight is 368 g/mol. The van der Waals surface area contributed by atoms with Crippen molar-refractivity contribution in [3.63, 3.8) is 0 Å². The quantitative estimate of drug-likeness (QED) is 0.625. The van der Waals surface area contributed by atoms with Crippen LogP contribution in [0.15, 0.2) is 48.5 Å². The number of nitrogens with zero attached hydrogens (tertiary/aromatic N) is 1. The summed E-state index contributed by atoms with van der Waals surface area (Å²) in [5.41, 5.74) is -0.418. The van der Waals surface area contributed by atoms with Crippen molar-refractivity contribution in [3.8, 4) is 11.5 Å². The van der Waals surface area contributed by atoms with Gasteiger partial charge in [-0.25, -0.2) is 4.79 Å². The van der Waals surface area contributed by atoms with Crippen molar-refractivity contribution in [2.24, 2.45) is 0 Å². The van der Waals surface area contributed by atoms with Crippen LogP contribution in [0.1, 0.15) is 22.8 Å². The van der Waals surface area contributed by atoms with Crippen molar-refractivity contribution in [3.05, 3.63) is 59.7 Å². The van der Waals surface area contributed by atoms with Gasteiger partial charge in [0.05, 0.1) is 20.8 Å². The number of benzene rings is 2. The molecular formula is C20H20N2O5. The third-order valence-corrected chi connectivity index (χ3v) is 4.62. The maximum atomic E-state index is 13.0. The van der Waals surface area contributed by atoms with E-state index in [2.05, 4.69) is 5.32 Å². The fourth-order valence-electron chi connectivity index (χ4n) is 3.09. The number of hydrogen-bond acceptors (Lipinski definition) is 5. The van der Waals surface area contributed by atoms with Crippen LogP contribution in [0, 0.1) is 0 Å². The van der Waals surface area contributed by atoms with Crippen molar-refractivity contribution in [2.45, 2.75) is 12.5 Å². The largest absolute Gasteiger partial charge is 0.497 e. The molecule has 0 bridgehead atoms. The zero-order chi connectivity index (χ0) is 19.6. The highest BCUT2D eigenvalue weighted by atomic mass is 16.5. The molecule has 1 atom stereocenters. The fourth-order valence-corrected chi connectivity index (χ4v) is 3.09. The molecule has 1 saturated heterocycles. The van der Waals surface area contributed by atoms with E-state index in [1.165, 1.54) is 14.2 Å². The van der Waals surface area contributed by atoms with Gasteiger partial charge in [-0.2, -0.15) is 0 Å². The Hall–Kier alpha value is -3.35. The molecule has 7 heteroatoms. The van der Waals surface area contributed by atoms with E-state index in [1.807, 2.05) is 0 Å². The van der Waals surface area contributed by atoms with Crippen molar-refractivity contribution in [1.82, 2.24) is 10.2 Å². The van der Waals surface area contributed by atoms with Crippen molar-refractivity contribution in [2.75, 3.05) is 20.8 Å². The molecule has 2 aromatic carbocycles. The molecule has 0 aromatic heterocycles. The zero-order valence-electron chi connectivity index (χ0n) is 15.3. The van der Waals surface area contributed by atoms with Gasteiger partial charge >= 0.3 is 6.03 Å². The molecule has 1 N–H and O–H groups in total. The number of methoxy groups -OCH3 is 2. The molecule has 1 aliphatic heterocycles. The van der Waals surface area contributed by atoms with Gasteiger partial charge in [0.1, 0.15) is 17.0 Å². The van der Waals surface area contributed by atoms with Gasteiger partial charge in [-0.05, 0) is 19.1 Å². The predicted molar refractivity (Wildman–Crippen MR) is 97.9 cm³/mol. The first-order chi connectivity index (χ1) is 12.9. The van der Waals surface area contributed by atoms with Crippen LogP contribution in [0.2, 0.25) is 0 Å². The molecule has 3 rings (SSSR count). The van der Waals surface area contributed by atoms with Crippen molar-refractivity contribution < 1.29 is 23.9 Å². The van der Waals surface area contributed by atoms with E-state index in [0.29, 0.717) is 22.6 Å². The van der Waals surface area contributed by atoms with Crippen LogP contribution < -0.4 is 14.8 Å². The molecule has 1 heterocycles. The molecule has 2 aromatic rings. The predicted octanol–water partition coefficient (Wildman–Crippen LogP) is 2.35. The van der Waals surface area contributed by atoms with Gasteiger partial charge in [-0.1, -0.05) is 30.3 Å². The molecule has 27 heavy (non-hydrogen) atoms. The molecule has 0 spiro atoms. The molecule has 0 aliphatic carbocycles. The van der Waals surface area contributed by atoms with Gasteiger partial charge < -0.3 is 14.8 Å². The summed E-state index contributed by atoms with van der Waals surface area (Å²) >= 11 is 0. The first-order valence-corrected chi connectivity index (χ1v) is 8.35. The van der Waals surface area contributed by atoms with Gasteiger partial charge in [0.25, 0.3) is 5.91 Å². The molecular weight excluding hydrogens is 348 g/mol. The summed E-state index contributed by atoms with van der Waals surface area (Å²) in [7, 11) is 3.00. The zero-order valence-corrected chi connectivity index (χ0v) is 15.3. The van der Waals surface area contributed by atoms with Crippen LogP contribution in [-0.4, -0.2) is 43.4 Å². The lowest BCUT2D eigenvalue weighted by Gasteiger charge is -2.24. The summed E-state index contributed by atoms with van der Waals surface area (Å²) in [6.07, 6.45) is 0. The second kappa shape index (κ2) is 7.11. The lowest BCUT2D eigenvalue weighted by atomic mass is 9.91. The van der Waals surface area contributed by atoms with Crippen LogP contribution >= 0.6 is 0 Å². The number of amides is 3. The number of ketones is 1. The molecule has 1 fully saturated rings. The Bertz CT molecular complexity index is 897. The Labute approximate surface area is 156 Å². The first-order valence-electron chi connectivity index (χ1n) is 8.35. The van der Waals surface area contributed by atoms with Gasteiger partial charge in [-0.15, -0.1) is 0 Å². The summed E-state index contributed by atoms with van der Waals surface area (Å²) in [6.45, 7) is 1.26. The van der Waals surface area contributed by atoms with Crippen LogP contribution in [0.3, 0.4) is 0 Å². The number of Topliss-reactive ketones (excluding diaryl/α,β-unsaturated/α-hetero) is 1. The van der Waals surface area contributed by atoms with Crippen LogP contribution in [0.25, 0.3) is 0 Å². The smallest absolute Gasteiger partial charge is 0.325 e. The number of ether oxygens (including phenoxy) is 2. The monoisotopic (exact) mass is 368 g/mol. The molecule has 1 unspecified atom stereocenters. The van der Waals surface area contributed by atoms with Gasteiger partial charge in [-0.3, -0.25) is 14.5 Å². The van der Waals surface area contributed by atoms with E-state index in [4.69, 9.17) is 9.47 Å². The number of urea groups is 1. The van der Waals surface area contributed by atoms with Gasteiger partial charge in [0, 0.05) is 17.2 Å². The normalized spacial score (nSPS) is 19.0. The highest BCUT2D eigenvalue weighted by Crippen LogP contribution is 2.37. The van der Waals surface area contributed by atoms with Crippen molar-refractivity contribution in [1.29, 1.82) is 0 Å². The fraction of sp³-hybridized carbons (Fsp3) is 0.250. The summed E-state index contributed by atoms with van der Waals surface area (Å²) in [5.74, 6) is 0.138. The first kappa shape index (κ1) is 18.4. The van der Waals surface area contributed by atoms with E-state index in [9.17, 15) is 14.4 Å². The third kappa shape index (κ3) is 3.23. The molecule has 1 aliphatic rings. The maximum Gasteiger partial charge on any atom is 0.325 e. The van der Waals surface area contributed by atoms with E-state index in [1.54, 1.807) is 55.5 Å². The van der Waals surface area contributed by atoms with Crippen LogP contribution in [0.4, 0.5) is 4.79 Å². The van der Waals surface area contributed by atoms with Crippen LogP contribution in [-0.2, 0) is 10.3 Å². The van der Waals surface area contributed by atoms with Gasteiger partial charge in [0.15, 0.2) is 5.78 Å². The third-order valence-electron chi connectivity index (χ3n) is 4.62. The topological polar surface area (TPSA) is 84.9 Å². The molecule has 3 amide bonds. The van der Waals surface area contributed by atoms with E-state index >= 15 is 0 Å². The number of carbonyl (C=O) groups is 3. The van der Waals surface area contributed by atoms with Crippen LogP contribution in [0.5, 0.6) is 11.5 Å². The van der Waals surface area contributed by atoms with E-state index in [-0.39, 0.29) is 12.3 Å². The number of imide groups is 1. The number of carbonyl (C=O) groups excluding carboxylic acids is 3. The maximum absolute atomic E-state index is 13.0. The number of rotatable bonds is 6. The Morgan fingerprint density at radius 2 is 1.78 bits per heavy atom. The summed E-state index contributed by atoms with van der Waals surface area (Å²) in [6, 6.07) is 12.9.